The molecule has 0 atom stereocenters. The largest absolute Gasteiger partial charge is 0.356 e. The molecule has 150 valence electrons. The minimum Gasteiger partial charge on any atom is -0.356 e. The first-order valence-corrected chi connectivity index (χ1v) is 9.69. The van der Waals surface area contributed by atoms with E-state index in [1.54, 1.807) is 23.1 Å². The van der Waals surface area contributed by atoms with Gasteiger partial charge >= 0.3 is 0 Å². The van der Waals surface area contributed by atoms with E-state index in [0.29, 0.717) is 25.1 Å². The molecule has 0 bridgehead atoms. The van der Waals surface area contributed by atoms with Crippen molar-refractivity contribution in [3.05, 3.63) is 65.0 Å². The van der Waals surface area contributed by atoms with Gasteiger partial charge in [-0.05, 0) is 42.0 Å². The number of benzene rings is 2. The van der Waals surface area contributed by atoms with Gasteiger partial charge in [0.25, 0.3) is 0 Å². The van der Waals surface area contributed by atoms with E-state index in [4.69, 9.17) is 0 Å². The lowest BCUT2D eigenvalue weighted by atomic mass is 9.97. The Balaban J connectivity index is 1.98. The maximum absolute atomic E-state index is 13.6. The van der Waals surface area contributed by atoms with E-state index in [0.717, 1.165) is 16.8 Å². The number of aryl methyl sites for hydroxylation is 1. The molecular formula is C23H29FN2O2. The van der Waals surface area contributed by atoms with Gasteiger partial charge in [-0.1, -0.05) is 50.2 Å². The molecule has 1 N–H and O–H groups in total. The van der Waals surface area contributed by atoms with Crippen LogP contribution in [0.25, 0.3) is 0 Å². The summed E-state index contributed by atoms with van der Waals surface area (Å²) >= 11 is 0. The maximum Gasteiger partial charge on any atom is 0.223 e. The lowest BCUT2D eigenvalue weighted by Gasteiger charge is -2.27. The van der Waals surface area contributed by atoms with E-state index in [1.165, 1.54) is 13.0 Å². The highest BCUT2D eigenvalue weighted by Crippen LogP contribution is 2.31. The molecule has 2 aromatic carbocycles. The first kappa shape index (κ1) is 21.6. The van der Waals surface area contributed by atoms with Crippen molar-refractivity contribution in [2.45, 2.75) is 46.5 Å². The van der Waals surface area contributed by atoms with Gasteiger partial charge in [0, 0.05) is 32.1 Å². The minimum absolute atomic E-state index is 0.0876. The number of hydrogen-bond donors (Lipinski definition) is 1. The number of rotatable bonds is 8. The molecule has 0 saturated carbocycles. The maximum atomic E-state index is 13.6. The second-order valence-electron chi connectivity index (χ2n) is 7.28. The average molecular weight is 384 g/mol. The van der Waals surface area contributed by atoms with Gasteiger partial charge in [0.2, 0.25) is 11.8 Å². The van der Waals surface area contributed by atoms with Crippen LogP contribution >= 0.6 is 0 Å². The van der Waals surface area contributed by atoms with Crippen molar-refractivity contribution in [3.63, 3.8) is 0 Å². The van der Waals surface area contributed by atoms with Gasteiger partial charge in [-0.15, -0.1) is 0 Å². The molecule has 0 saturated heterocycles. The fourth-order valence-corrected chi connectivity index (χ4v) is 3.28. The SMILES string of the molecule is CC(=O)N(CCC(=O)NCCc1ccccc1F)c1c(C)cccc1C(C)C. The summed E-state index contributed by atoms with van der Waals surface area (Å²) in [6, 6.07) is 12.5. The smallest absolute Gasteiger partial charge is 0.223 e. The van der Waals surface area contributed by atoms with Crippen LogP contribution in [0.1, 0.15) is 49.8 Å². The molecule has 4 nitrogen and oxygen atoms in total. The number of anilines is 1. The Hall–Kier alpha value is -2.69. The second kappa shape index (κ2) is 10.0. The van der Waals surface area contributed by atoms with Crippen molar-refractivity contribution >= 4 is 17.5 Å². The van der Waals surface area contributed by atoms with Crippen molar-refractivity contribution in [1.82, 2.24) is 5.32 Å². The number of carbonyl (C=O) groups is 2. The van der Waals surface area contributed by atoms with Crippen LogP contribution in [0.5, 0.6) is 0 Å². The summed E-state index contributed by atoms with van der Waals surface area (Å²) in [6.45, 7) is 8.35. The van der Waals surface area contributed by atoms with Gasteiger partial charge in [-0.2, -0.15) is 0 Å². The van der Waals surface area contributed by atoms with Crippen LogP contribution in [0.4, 0.5) is 10.1 Å². The molecule has 0 radical (unpaired) electrons. The summed E-state index contributed by atoms with van der Waals surface area (Å²) < 4.78 is 13.6. The Kier molecular flexibility index (Phi) is 7.73. The molecule has 0 heterocycles. The minimum atomic E-state index is -0.264. The van der Waals surface area contributed by atoms with Crippen molar-refractivity contribution in [3.8, 4) is 0 Å². The molecule has 2 amide bonds. The van der Waals surface area contributed by atoms with Crippen molar-refractivity contribution in [1.29, 1.82) is 0 Å². The molecule has 0 aliphatic heterocycles. The Labute approximate surface area is 166 Å². The zero-order valence-electron chi connectivity index (χ0n) is 17.1. The fourth-order valence-electron chi connectivity index (χ4n) is 3.28. The van der Waals surface area contributed by atoms with Crippen LogP contribution in [-0.4, -0.2) is 24.9 Å². The van der Waals surface area contributed by atoms with Crippen LogP contribution in [0.2, 0.25) is 0 Å². The summed E-state index contributed by atoms with van der Waals surface area (Å²) in [5, 5.41) is 2.81. The van der Waals surface area contributed by atoms with E-state index in [1.807, 2.05) is 25.1 Å². The van der Waals surface area contributed by atoms with Gasteiger partial charge in [-0.3, -0.25) is 9.59 Å². The zero-order chi connectivity index (χ0) is 20.7. The Morgan fingerprint density at radius 2 is 1.82 bits per heavy atom. The van der Waals surface area contributed by atoms with Gasteiger partial charge in [0.15, 0.2) is 0 Å². The molecule has 28 heavy (non-hydrogen) atoms. The normalized spacial score (nSPS) is 10.8. The number of halogens is 1. The predicted molar refractivity (Wildman–Crippen MR) is 111 cm³/mol. The number of amides is 2. The average Bonchev–Trinajstić information content (AvgIpc) is 2.64. The van der Waals surface area contributed by atoms with Crippen molar-refractivity contribution in [2.75, 3.05) is 18.0 Å². The molecule has 5 heteroatoms. The van der Waals surface area contributed by atoms with Gasteiger partial charge in [0.05, 0.1) is 0 Å². The highest BCUT2D eigenvalue weighted by atomic mass is 19.1. The summed E-state index contributed by atoms with van der Waals surface area (Å²) in [4.78, 5) is 26.2. The molecule has 0 unspecified atom stereocenters. The third-order valence-corrected chi connectivity index (χ3v) is 4.78. The van der Waals surface area contributed by atoms with Crippen LogP contribution in [0, 0.1) is 12.7 Å². The highest BCUT2D eigenvalue weighted by molar-refractivity contribution is 5.94. The Bertz CT molecular complexity index is 833. The van der Waals surface area contributed by atoms with Crippen molar-refractivity contribution < 1.29 is 14.0 Å². The number of nitrogens with zero attached hydrogens (tertiary/aromatic N) is 1. The molecule has 0 aliphatic carbocycles. The first-order chi connectivity index (χ1) is 13.3. The molecule has 0 aromatic heterocycles. The van der Waals surface area contributed by atoms with Gasteiger partial charge in [0.1, 0.15) is 5.82 Å². The standard InChI is InChI=1S/C23H29FN2O2/c1-16(2)20-10-7-8-17(3)23(20)26(18(4)27)15-13-22(28)25-14-12-19-9-5-6-11-21(19)24/h5-11,16H,12-15H2,1-4H3,(H,25,28). The summed E-state index contributed by atoms with van der Waals surface area (Å²) in [7, 11) is 0. The first-order valence-electron chi connectivity index (χ1n) is 9.69. The molecular weight excluding hydrogens is 355 g/mol. The number of nitrogens with one attached hydrogen (secondary N) is 1. The van der Waals surface area contributed by atoms with E-state index in [-0.39, 0.29) is 30.0 Å². The number of para-hydroxylation sites is 1. The third-order valence-electron chi connectivity index (χ3n) is 4.78. The lowest BCUT2D eigenvalue weighted by molar-refractivity contribution is -0.121. The van der Waals surface area contributed by atoms with Crippen LogP contribution in [-0.2, 0) is 16.0 Å². The number of hydrogen-bond acceptors (Lipinski definition) is 2. The third kappa shape index (κ3) is 5.65. The van der Waals surface area contributed by atoms with E-state index in [9.17, 15) is 14.0 Å². The fraction of sp³-hybridized carbons (Fsp3) is 0.391. The second-order valence-corrected chi connectivity index (χ2v) is 7.28. The van der Waals surface area contributed by atoms with E-state index >= 15 is 0 Å². The Morgan fingerprint density at radius 3 is 2.46 bits per heavy atom. The van der Waals surface area contributed by atoms with Crippen LogP contribution in [0.3, 0.4) is 0 Å². The monoisotopic (exact) mass is 384 g/mol. The predicted octanol–water partition coefficient (Wildman–Crippen LogP) is 4.36. The lowest BCUT2D eigenvalue weighted by Crippen LogP contribution is -2.35. The highest BCUT2D eigenvalue weighted by Gasteiger charge is 2.20. The van der Waals surface area contributed by atoms with E-state index < -0.39 is 0 Å². The summed E-state index contributed by atoms with van der Waals surface area (Å²) in [5.74, 6) is -0.232. The quantitative estimate of drug-likeness (QED) is 0.735. The van der Waals surface area contributed by atoms with Gasteiger partial charge in [-0.25, -0.2) is 4.39 Å². The van der Waals surface area contributed by atoms with Crippen LogP contribution < -0.4 is 10.2 Å². The molecule has 2 aromatic rings. The van der Waals surface area contributed by atoms with Gasteiger partial charge < -0.3 is 10.2 Å². The molecule has 0 fully saturated rings. The topological polar surface area (TPSA) is 49.4 Å². The zero-order valence-corrected chi connectivity index (χ0v) is 17.1. The number of carbonyl (C=O) groups excluding carboxylic acids is 2. The summed E-state index contributed by atoms with van der Waals surface area (Å²) in [5.41, 5.74) is 3.58. The van der Waals surface area contributed by atoms with Crippen LogP contribution in [0.15, 0.2) is 42.5 Å². The Morgan fingerprint density at radius 1 is 1.11 bits per heavy atom. The molecule has 0 spiro atoms. The molecule has 0 aliphatic rings. The summed E-state index contributed by atoms with van der Waals surface area (Å²) in [6.07, 6.45) is 0.632. The van der Waals surface area contributed by atoms with E-state index in [2.05, 4.69) is 19.2 Å². The van der Waals surface area contributed by atoms with Crippen molar-refractivity contribution in [2.24, 2.45) is 0 Å². The molecule has 2 rings (SSSR count).